The van der Waals surface area contributed by atoms with Crippen LogP contribution in [0.1, 0.15) is 0 Å². The molecule has 678 valence electrons. The summed E-state index contributed by atoms with van der Waals surface area (Å²) in [6, 6.07) is 177. The van der Waals surface area contributed by atoms with Gasteiger partial charge in [-0.1, -0.05) is 334 Å². The van der Waals surface area contributed by atoms with E-state index < -0.39 is 0 Å². The van der Waals surface area contributed by atoms with Crippen LogP contribution in [-0.4, -0.2) is 15.0 Å². The third-order valence-electron chi connectivity index (χ3n) is 28.6. The molecule has 30 aromatic rings. The van der Waals surface area contributed by atoms with Gasteiger partial charge in [-0.25, -0.2) is 15.0 Å². The highest BCUT2D eigenvalue weighted by Crippen LogP contribution is 2.49. The van der Waals surface area contributed by atoms with Crippen molar-refractivity contribution in [3.05, 3.63) is 504 Å². The van der Waals surface area contributed by atoms with Crippen LogP contribution in [-0.2, 0) is 0 Å². The van der Waals surface area contributed by atoms with Crippen LogP contribution in [0.3, 0.4) is 0 Å². The van der Waals surface area contributed by atoms with Gasteiger partial charge in [-0.05, 0) is 277 Å². The van der Waals surface area contributed by atoms with Crippen molar-refractivity contribution in [2.24, 2.45) is 0 Å². The largest absolute Gasteiger partial charge is 0.456 e. The van der Waals surface area contributed by atoms with Gasteiger partial charge in [0, 0.05) is 101 Å². The van der Waals surface area contributed by atoms with E-state index in [9.17, 15) is 0 Å². The third kappa shape index (κ3) is 14.8. The summed E-state index contributed by atoms with van der Waals surface area (Å²) in [6.07, 6.45) is 0. The van der Waals surface area contributed by atoms with Crippen LogP contribution >= 0.6 is 0 Å². The summed E-state index contributed by atoms with van der Waals surface area (Å²) in [5.74, 6) is 1.91. The summed E-state index contributed by atoms with van der Waals surface area (Å²) in [6.45, 7) is 0. The van der Waals surface area contributed by atoms with Crippen LogP contribution < -0.4 is 9.80 Å². The molecule has 25 aromatic carbocycles. The number of anilines is 6. The third-order valence-corrected chi connectivity index (χ3v) is 28.6. The lowest BCUT2D eigenvalue weighted by Gasteiger charge is -2.28. The Balaban J connectivity index is 0.000000107. The van der Waals surface area contributed by atoms with Gasteiger partial charge >= 0.3 is 0 Å². The zero-order valence-electron chi connectivity index (χ0n) is 78.2. The second-order valence-electron chi connectivity index (χ2n) is 37.1. The SMILES string of the molecule is c1ccc(-c2nc3ccc4ccc5ccc(-c6ccc(N(c7ccc8c(c7)oc7ccccc78)c7ccccc7-c7ccccc7)cc6)cc5c4c3o2)cc1.c1ccc(-c2nc3ccc4ccc5ccc(-c6ccc(N(c7ccccc7)c7ccc8c(c7)oc7ccccc78)cc6)cc5c4c3o2)cc1.c1ccc(-c2nc3ccc4ccc5ccc(-c6ccc7c8ccccc8c8ccccc8c7c6)cc5c4c3o2)cc1. The van der Waals surface area contributed by atoms with Gasteiger partial charge in [-0.15, -0.1) is 0 Å². The lowest BCUT2D eigenvalue weighted by atomic mass is 9.91. The van der Waals surface area contributed by atoms with Gasteiger partial charge in [0.15, 0.2) is 16.7 Å². The average molecular weight is 1860 g/mol. The fraction of sp³-hybridized carbons (Fsp3) is 0. The highest BCUT2D eigenvalue weighted by molar-refractivity contribution is 6.27. The predicted molar refractivity (Wildman–Crippen MR) is 602 cm³/mol. The number of furan rings is 2. The number of hydrogen-bond donors (Lipinski definition) is 0. The van der Waals surface area contributed by atoms with E-state index in [1.165, 1.54) is 54.2 Å². The van der Waals surface area contributed by atoms with E-state index in [4.69, 9.17) is 37.0 Å². The Morgan fingerprint density at radius 1 is 0.152 bits per heavy atom. The van der Waals surface area contributed by atoms with Crippen molar-refractivity contribution >= 4 is 208 Å². The second-order valence-corrected chi connectivity index (χ2v) is 37.1. The van der Waals surface area contributed by atoms with Crippen molar-refractivity contribution < 1.29 is 22.1 Å². The molecule has 0 bridgehead atoms. The smallest absolute Gasteiger partial charge is 0.227 e. The molecule has 145 heavy (non-hydrogen) atoms. The van der Waals surface area contributed by atoms with E-state index >= 15 is 0 Å². The van der Waals surface area contributed by atoms with Crippen LogP contribution in [0.5, 0.6) is 0 Å². The van der Waals surface area contributed by atoms with Crippen LogP contribution in [0, 0.1) is 0 Å². The van der Waals surface area contributed by atoms with Crippen molar-refractivity contribution in [3.8, 4) is 78.9 Å². The maximum atomic E-state index is 6.51. The van der Waals surface area contributed by atoms with Crippen molar-refractivity contribution in [1.29, 1.82) is 0 Å². The molecule has 5 heterocycles. The minimum absolute atomic E-state index is 0.629. The van der Waals surface area contributed by atoms with E-state index in [0.717, 1.165) is 215 Å². The minimum atomic E-state index is 0.629. The number of oxazole rings is 3. The minimum Gasteiger partial charge on any atom is -0.456 e. The van der Waals surface area contributed by atoms with Crippen LogP contribution in [0.4, 0.5) is 34.1 Å². The molecule has 0 aliphatic rings. The molecule has 0 aliphatic carbocycles. The average Bonchev–Trinajstić information content (AvgIpc) is 1.47. The highest BCUT2D eigenvalue weighted by atomic mass is 16.4. The van der Waals surface area contributed by atoms with Crippen molar-refractivity contribution in [2.45, 2.75) is 0 Å². The molecule has 0 saturated carbocycles. The summed E-state index contributed by atoms with van der Waals surface area (Å²) in [4.78, 5) is 19.2. The molecule has 0 fully saturated rings. The number of fused-ring (bicyclic) bond motifs is 27. The first-order valence-electron chi connectivity index (χ1n) is 48.9. The van der Waals surface area contributed by atoms with E-state index in [1.807, 2.05) is 127 Å². The van der Waals surface area contributed by atoms with Crippen molar-refractivity contribution in [3.63, 3.8) is 0 Å². The Morgan fingerprint density at radius 2 is 0.428 bits per heavy atom. The molecule has 0 unspecified atom stereocenters. The van der Waals surface area contributed by atoms with E-state index in [2.05, 4.69) is 386 Å². The number of aromatic nitrogens is 3. The molecule has 0 N–H and O–H groups in total. The lowest BCUT2D eigenvalue weighted by Crippen LogP contribution is -2.11. The molecule has 10 nitrogen and oxygen atoms in total. The van der Waals surface area contributed by atoms with Gasteiger partial charge in [0.25, 0.3) is 0 Å². The number of rotatable bonds is 13. The van der Waals surface area contributed by atoms with Gasteiger partial charge in [-0.3, -0.25) is 0 Å². The number of para-hydroxylation sites is 4. The molecule has 30 rings (SSSR count). The lowest BCUT2D eigenvalue weighted by molar-refractivity contribution is 0.623. The van der Waals surface area contributed by atoms with E-state index in [1.54, 1.807) is 0 Å². The topological polar surface area (TPSA) is 111 Å². The monoisotopic (exact) mass is 1850 g/mol. The molecule has 0 atom stereocenters. The molecule has 0 saturated heterocycles. The molecule has 0 aliphatic heterocycles. The summed E-state index contributed by atoms with van der Waals surface area (Å²) >= 11 is 0. The Morgan fingerprint density at radius 3 is 0.855 bits per heavy atom. The molecular formula is C135H83N5O5. The normalized spacial score (nSPS) is 11.7. The highest BCUT2D eigenvalue weighted by Gasteiger charge is 2.25. The maximum absolute atomic E-state index is 6.51. The molecular weight excluding hydrogens is 1770 g/mol. The molecule has 5 aromatic heterocycles. The molecule has 0 amide bonds. The zero-order chi connectivity index (χ0) is 95.5. The first-order valence-corrected chi connectivity index (χ1v) is 48.9. The number of benzene rings is 25. The Hall–Kier alpha value is -19.6. The van der Waals surface area contributed by atoms with Gasteiger partial charge in [0.2, 0.25) is 17.7 Å². The van der Waals surface area contributed by atoms with E-state index in [0.29, 0.717) is 17.7 Å². The van der Waals surface area contributed by atoms with Crippen LogP contribution in [0.15, 0.2) is 526 Å². The van der Waals surface area contributed by atoms with Gasteiger partial charge in [-0.2, -0.15) is 0 Å². The number of hydrogen-bond acceptors (Lipinski definition) is 10. The molecule has 0 spiro atoms. The summed E-state index contributed by atoms with van der Waals surface area (Å²) < 4.78 is 32.1. The Bertz CT molecular complexity index is 10300. The Labute approximate surface area is 831 Å². The van der Waals surface area contributed by atoms with Crippen molar-refractivity contribution in [2.75, 3.05) is 9.80 Å². The first kappa shape index (κ1) is 83.6. The zero-order valence-corrected chi connectivity index (χ0v) is 78.2. The quantitative estimate of drug-likeness (QED) is 0.103. The van der Waals surface area contributed by atoms with E-state index in [-0.39, 0.29) is 0 Å². The Kier molecular flexibility index (Phi) is 20.1. The summed E-state index contributed by atoms with van der Waals surface area (Å²) in [5.41, 5.74) is 27.0. The summed E-state index contributed by atoms with van der Waals surface area (Å²) in [7, 11) is 0. The number of nitrogens with zero attached hydrogens (tertiary/aromatic N) is 5. The fourth-order valence-corrected chi connectivity index (χ4v) is 21.6. The van der Waals surface area contributed by atoms with Gasteiger partial charge < -0.3 is 31.9 Å². The summed E-state index contributed by atoms with van der Waals surface area (Å²) in [5, 5.41) is 25.8. The van der Waals surface area contributed by atoms with Gasteiger partial charge in [0.05, 0.1) is 5.69 Å². The van der Waals surface area contributed by atoms with Crippen molar-refractivity contribution in [1.82, 2.24) is 15.0 Å². The predicted octanol–water partition coefficient (Wildman–Crippen LogP) is 38.3. The van der Waals surface area contributed by atoms with Crippen LogP contribution in [0.2, 0.25) is 0 Å². The molecule has 0 radical (unpaired) electrons. The van der Waals surface area contributed by atoms with Crippen LogP contribution in [0.25, 0.3) is 253 Å². The standard InChI is InChI=1S/C51H32N2O2.C45H28N2O2.C39H23NO/c1-3-11-34(12-4-1)41-15-7-9-17-46(41)53(40-28-29-43-42-16-8-10-18-47(42)54-48(43)32-40)39-26-23-33(24-27-39)38-22-20-35-19-21-36-25-30-45-50(49(36)44(35)31-38)55-51(52-45)37-13-5-2-6-14-37;1-3-9-32(10-4-1)45-46-40-26-21-31-17-15-30-16-18-33(27-39(30)43(31)44(40)49-45)29-19-22-35(23-20-29)47(34-11-5-2-6-12-34)36-24-25-38-37-13-7-8-14-41(37)48-42(38)28-36;1-2-8-26(9-3-1)39-40-36-21-19-25-16-14-24-15-17-27(22-34(24)37(25)38(36)41-39)28-18-20-33-31-12-5-4-10-29(31)30-11-6-7-13-32(30)35(33)23-28/h1-32H;1-28H;1-23H. The van der Waals surface area contributed by atoms with Gasteiger partial charge in [0.1, 0.15) is 38.9 Å². The second kappa shape index (κ2) is 34.8. The molecule has 10 heteroatoms. The first-order chi connectivity index (χ1) is 71.8. The maximum Gasteiger partial charge on any atom is 0.227 e. The fourth-order valence-electron chi connectivity index (χ4n) is 21.6.